The highest BCUT2D eigenvalue weighted by Crippen LogP contribution is 2.37. The minimum Gasteiger partial charge on any atom is -0.378 e. The van der Waals surface area contributed by atoms with Crippen LogP contribution >= 0.6 is 0 Å². The van der Waals surface area contributed by atoms with Gasteiger partial charge in [-0.05, 0) is 47.0 Å². The van der Waals surface area contributed by atoms with Gasteiger partial charge in [0, 0.05) is 54.9 Å². The van der Waals surface area contributed by atoms with Gasteiger partial charge in [-0.2, -0.15) is 5.26 Å². The van der Waals surface area contributed by atoms with E-state index in [0.29, 0.717) is 5.56 Å². The second-order valence-electron chi connectivity index (χ2n) is 7.38. The molecule has 3 aromatic carbocycles. The number of anilines is 1. The summed E-state index contributed by atoms with van der Waals surface area (Å²) in [6.45, 7) is 0. The normalized spacial score (nSPS) is 11.8. The standard InChI is InChI=1S/C24H20N4O2/c1-27(2)19-8-4-17(5-9-19)24(18-6-10-20(11-7-18)28(29)30)22-15-26-23-12-3-16(14-25)13-21(22)23/h3-13,15,24,26H,1-2H3. The largest absolute Gasteiger partial charge is 0.378 e. The van der Waals surface area contributed by atoms with Crippen LogP contribution in [0.15, 0.2) is 72.9 Å². The molecule has 6 nitrogen and oxygen atoms in total. The quantitative estimate of drug-likeness (QED) is 0.371. The third-order valence-electron chi connectivity index (χ3n) is 5.33. The first-order valence-electron chi connectivity index (χ1n) is 9.50. The van der Waals surface area contributed by atoms with E-state index in [0.717, 1.165) is 33.3 Å². The Kier molecular flexibility index (Phi) is 4.95. The molecular weight excluding hydrogens is 376 g/mol. The fraction of sp³-hybridized carbons (Fsp3) is 0.125. The summed E-state index contributed by atoms with van der Waals surface area (Å²) in [6.07, 6.45) is 1.96. The van der Waals surface area contributed by atoms with Crippen LogP contribution in [-0.4, -0.2) is 24.0 Å². The lowest BCUT2D eigenvalue weighted by Gasteiger charge is -2.20. The van der Waals surface area contributed by atoms with Gasteiger partial charge in [-0.3, -0.25) is 10.1 Å². The van der Waals surface area contributed by atoms with E-state index in [4.69, 9.17) is 0 Å². The molecule has 0 radical (unpaired) electrons. The third-order valence-corrected chi connectivity index (χ3v) is 5.33. The van der Waals surface area contributed by atoms with Crippen molar-refractivity contribution in [3.8, 4) is 6.07 Å². The number of H-pyrrole nitrogens is 1. The molecule has 0 aliphatic carbocycles. The molecule has 1 heterocycles. The van der Waals surface area contributed by atoms with Gasteiger partial charge in [0.1, 0.15) is 0 Å². The molecular formula is C24H20N4O2. The van der Waals surface area contributed by atoms with Crippen molar-refractivity contribution in [3.05, 3.63) is 105 Å². The Labute approximate surface area is 174 Å². The summed E-state index contributed by atoms with van der Waals surface area (Å²) < 4.78 is 0. The Balaban J connectivity index is 1.89. The van der Waals surface area contributed by atoms with Crippen LogP contribution in [0.1, 0.15) is 28.2 Å². The molecule has 148 valence electrons. The third kappa shape index (κ3) is 3.49. The summed E-state index contributed by atoms with van der Waals surface area (Å²) in [5.41, 5.74) is 5.72. The summed E-state index contributed by atoms with van der Waals surface area (Å²) in [5, 5.41) is 21.4. The number of aromatic nitrogens is 1. The minimum absolute atomic E-state index is 0.0612. The molecule has 4 rings (SSSR count). The number of rotatable bonds is 5. The molecule has 4 aromatic rings. The molecule has 1 atom stereocenters. The van der Waals surface area contributed by atoms with Crippen molar-refractivity contribution in [2.45, 2.75) is 5.92 Å². The van der Waals surface area contributed by atoms with E-state index in [1.54, 1.807) is 18.2 Å². The van der Waals surface area contributed by atoms with Gasteiger partial charge in [0.05, 0.1) is 16.6 Å². The van der Waals surface area contributed by atoms with Crippen LogP contribution in [0.3, 0.4) is 0 Å². The molecule has 1 aromatic heterocycles. The predicted octanol–water partition coefficient (Wildman–Crippen LogP) is 5.19. The number of benzene rings is 3. The SMILES string of the molecule is CN(C)c1ccc(C(c2ccc([N+](=O)[O-])cc2)c2c[nH]c3ccc(C#N)cc23)cc1. The van der Waals surface area contributed by atoms with Gasteiger partial charge in [0.2, 0.25) is 0 Å². The molecule has 0 fully saturated rings. The molecule has 1 unspecified atom stereocenters. The van der Waals surface area contributed by atoms with E-state index < -0.39 is 4.92 Å². The lowest BCUT2D eigenvalue weighted by molar-refractivity contribution is -0.384. The number of nitro benzene ring substituents is 1. The van der Waals surface area contributed by atoms with Crippen LogP contribution in [0, 0.1) is 21.4 Å². The predicted molar refractivity (Wildman–Crippen MR) is 118 cm³/mol. The second-order valence-corrected chi connectivity index (χ2v) is 7.38. The highest BCUT2D eigenvalue weighted by Gasteiger charge is 2.21. The van der Waals surface area contributed by atoms with Crippen molar-refractivity contribution in [1.82, 2.24) is 4.98 Å². The summed E-state index contributed by atoms with van der Waals surface area (Å²) in [6, 6.07) is 22.7. The number of nitro groups is 1. The summed E-state index contributed by atoms with van der Waals surface area (Å²) in [7, 11) is 3.98. The van der Waals surface area contributed by atoms with Crippen LogP contribution < -0.4 is 4.90 Å². The first-order valence-corrected chi connectivity index (χ1v) is 9.50. The van der Waals surface area contributed by atoms with E-state index in [-0.39, 0.29) is 11.6 Å². The van der Waals surface area contributed by atoms with Gasteiger partial charge in [-0.15, -0.1) is 0 Å². The van der Waals surface area contributed by atoms with Crippen LogP contribution in [0.4, 0.5) is 11.4 Å². The zero-order valence-electron chi connectivity index (χ0n) is 16.7. The van der Waals surface area contributed by atoms with Gasteiger partial charge in [-0.1, -0.05) is 24.3 Å². The Morgan fingerprint density at radius 1 is 1.00 bits per heavy atom. The van der Waals surface area contributed by atoms with E-state index in [9.17, 15) is 15.4 Å². The van der Waals surface area contributed by atoms with Gasteiger partial charge < -0.3 is 9.88 Å². The smallest absolute Gasteiger partial charge is 0.269 e. The Hall–Kier alpha value is -4.11. The first kappa shape index (κ1) is 19.2. The molecule has 1 N–H and O–H groups in total. The fourth-order valence-electron chi connectivity index (χ4n) is 3.76. The lowest BCUT2D eigenvalue weighted by Crippen LogP contribution is -2.09. The summed E-state index contributed by atoms with van der Waals surface area (Å²) in [4.78, 5) is 16.0. The first-order chi connectivity index (χ1) is 14.5. The van der Waals surface area contributed by atoms with Crippen molar-refractivity contribution in [3.63, 3.8) is 0 Å². The number of hydrogen-bond acceptors (Lipinski definition) is 4. The number of nitrogens with one attached hydrogen (secondary N) is 1. The second kappa shape index (κ2) is 7.72. The van der Waals surface area contributed by atoms with Crippen LogP contribution in [0.5, 0.6) is 0 Å². The van der Waals surface area contributed by atoms with E-state index in [1.807, 2.05) is 37.3 Å². The maximum absolute atomic E-state index is 11.1. The molecule has 0 spiro atoms. The number of fused-ring (bicyclic) bond motifs is 1. The van der Waals surface area contributed by atoms with Gasteiger partial charge in [-0.25, -0.2) is 0 Å². The zero-order chi connectivity index (χ0) is 21.3. The Morgan fingerprint density at radius 2 is 1.63 bits per heavy atom. The molecule has 0 amide bonds. The van der Waals surface area contributed by atoms with E-state index in [2.05, 4.69) is 35.3 Å². The molecule has 0 saturated carbocycles. The van der Waals surface area contributed by atoms with Gasteiger partial charge >= 0.3 is 0 Å². The van der Waals surface area contributed by atoms with Crippen LogP contribution in [-0.2, 0) is 0 Å². The Bertz CT molecular complexity index is 1250. The molecule has 6 heteroatoms. The maximum atomic E-state index is 11.1. The topological polar surface area (TPSA) is 86.0 Å². The number of nitriles is 1. The van der Waals surface area contributed by atoms with Gasteiger partial charge in [0.15, 0.2) is 0 Å². The van der Waals surface area contributed by atoms with Crippen molar-refractivity contribution >= 4 is 22.3 Å². The average molecular weight is 396 g/mol. The zero-order valence-corrected chi connectivity index (χ0v) is 16.7. The van der Waals surface area contributed by atoms with E-state index >= 15 is 0 Å². The number of nitrogens with zero attached hydrogens (tertiary/aromatic N) is 3. The van der Waals surface area contributed by atoms with Crippen LogP contribution in [0.2, 0.25) is 0 Å². The van der Waals surface area contributed by atoms with Crippen LogP contribution in [0.25, 0.3) is 10.9 Å². The Morgan fingerprint density at radius 3 is 2.20 bits per heavy atom. The molecule has 0 aliphatic heterocycles. The summed E-state index contributed by atoms with van der Waals surface area (Å²) in [5.74, 6) is -0.135. The number of aromatic amines is 1. The van der Waals surface area contributed by atoms with E-state index in [1.165, 1.54) is 12.1 Å². The van der Waals surface area contributed by atoms with Crippen molar-refractivity contribution < 1.29 is 4.92 Å². The highest BCUT2D eigenvalue weighted by molar-refractivity contribution is 5.86. The number of hydrogen-bond donors (Lipinski definition) is 1. The molecule has 30 heavy (non-hydrogen) atoms. The molecule has 0 aliphatic rings. The monoisotopic (exact) mass is 396 g/mol. The molecule has 0 saturated heterocycles. The van der Waals surface area contributed by atoms with Gasteiger partial charge in [0.25, 0.3) is 5.69 Å². The number of non-ortho nitro benzene ring substituents is 1. The maximum Gasteiger partial charge on any atom is 0.269 e. The van der Waals surface area contributed by atoms with Crippen molar-refractivity contribution in [1.29, 1.82) is 5.26 Å². The highest BCUT2D eigenvalue weighted by atomic mass is 16.6. The lowest BCUT2D eigenvalue weighted by atomic mass is 9.84. The molecule has 0 bridgehead atoms. The van der Waals surface area contributed by atoms with Crippen molar-refractivity contribution in [2.24, 2.45) is 0 Å². The minimum atomic E-state index is -0.393. The van der Waals surface area contributed by atoms with Crippen molar-refractivity contribution in [2.75, 3.05) is 19.0 Å². The average Bonchev–Trinajstić information content (AvgIpc) is 3.17. The fourth-order valence-corrected chi connectivity index (χ4v) is 3.76. The summed E-state index contributed by atoms with van der Waals surface area (Å²) >= 11 is 0.